The molecular weight excluding hydrogens is 307 g/mol. The summed E-state index contributed by atoms with van der Waals surface area (Å²) >= 11 is -2.66. The average Bonchev–Trinajstić information content (AvgIpc) is 2.56. The summed E-state index contributed by atoms with van der Waals surface area (Å²) in [5.74, 6) is 0. The third-order valence-electron chi connectivity index (χ3n) is 6.78. The van der Waals surface area contributed by atoms with E-state index < -0.39 is 13.9 Å². The van der Waals surface area contributed by atoms with Crippen LogP contribution in [0.2, 0.25) is 14.1 Å². The third-order valence-corrected chi connectivity index (χ3v) is 18.6. The average molecular weight is 342 g/mol. The molecule has 0 bridgehead atoms. The summed E-state index contributed by atoms with van der Waals surface area (Å²) in [6.07, 6.45) is 21.1. The number of hydrogen-bond donors (Lipinski definition) is 1. The molecule has 3 aliphatic rings. The van der Waals surface area contributed by atoms with Crippen LogP contribution in [0.1, 0.15) is 96.3 Å². The molecule has 0 amide bonds. The van der Waals surface area contributed by atoms with E-state index in [4.69, 9.17) is 0 Å². The molecule has 3 rings (SSSR count). The second-order valence-corrected chi connectivity index (χ2v) is 16.8. The van der Waals surface area contributed by atoms with E-state index in [-0.39, 0.29) is 0 Å². The quantitative estimate of drug-likeness (QED) is 0.656. The minimum atomic E-state index is -2.66. The van der Waals surface area contributed by atoms with Crippen molar-refractivity contribution in [3.8, 4) is 0 Å². The minimum absolute atomic E-state index is 0.815. The van der Waals surface area contributed by atoms with Crippen LogP contribution in [-0.2, 0) is 0 Å². The Morgan fingerprint density at radius 3 is 0.950 bits per heavy atom. The molecule has 0 aromatic heterocycles. The van der Waals surface area contributed by atoms with Gasteiger partial charge in [0.2, 0.25) is 0 Å². The van der Waals surface area contributed by atoms with Crippen molar-refractivity contribution in [2.75, 3.05) is 0 Å². The molecule has 0 spiro atoms. The van der Waals surface area contributed by atoms with Crippen LogP contribution < -0.4 is 0 Å². The van der Waals surface area contributed by atoms with Crippen LogP contribution in [0.3, 0.4) is 0 Å². The zero-order chi connectivity index (χ0) is 13.8. The summed E-state index contributed by atoms with van der Waals surface area (Å²) in [6, 6.07) is 0. The summed E-state index contributed by atoms with van der Waals surface area (Å²) < 4.78 is 14.5. The summed E-state index contributed by atoms with van der Waals surface area (Å²) in [5, 5.41) is 0. The van der Waals surface area contributed by atoms with Crippen molar-refractivity contribution in [1.29, 1.82) is 0 Å². The first-order valence-electron chi connectivity index (χ1n) is 9.54. The SMILES string of the molecule is O[AsH](C1CCCCC1)(C1CCCCC1)C1CCCCC1. The molecule has 3 fully saturated rings. The molecule has 1 N–H and O–H groups in total. The summed E-state index contributed by atoms with van der Waals surface area (Å²) in [6.45, 7) is 0. The Morgan fingerprint density at radius 1 is 0.450 bits per heavy atom. The van der Waals surface area contributed by atoms with Gasteiger partial charge in [0.1, 0.15) is 0 Å². The molecule has 1 nitrogen and oxygen atoms in total. The first-order valence-corrected chi connectivity index (χ1v) is 14.1. The van der Waals surface area contributed by atoms with E-state index in [0.717, 1.165) is 14.1 Å². The molecule has 0 aromatic rings. The molecule has 0 saturated heterocycles. The van der Waals surface area contributed by atoms with E-state index in [1.807, 2.05) is 0 Å². The molecule has 0 aliphatic heterocycles. The summed E-state index contributed by atoms with van der Waals surface area (Å²) in [5.41, 5.74) is 0. The maximum absolute atomic E-state index is 12.1. The van der Waals surface area contributed by atoms with Gasteiger partial charge in [-0.05, 0) is 0 Å². The normalized spacial score (nSPS) is 29.4. The molecule has 20 heavy (non-hydrogen) atoms. The van der Waals surface area contributed by atoms with Crippen LogP contribution in [-0.4, -0.2) is 18.0 Å². The molecule has 0 aromatic carbocycles. The topological polar surface area (TPSA) is 20.2 Å². The van der Waals surface area contributed by atoms with Gasteiger partial charge in [0.15, 0.2) is 0 Å². The van der Waals surface area contributed by atoms with Crippen molar-refractivity contribution < 1.29 is 4.10 Å². The Morgan fingerprint density at radius 2 is 0.700 bits per heavy atom. The van der Waals surface area contributed by atoms with Crippen molar-refractivity contribution in [3.05, 3.63) is 0 Å². The molecule has 2 heteroatoms. The zero-order valence-corrected chi connectivity index (χ0v) is 15.4. The van der Waals surface area contributed by atoms with Crippen LogP contribution in [0.25, 0.3) is 0 Å². The molecule has 0 atom stereocenters. The van der Waals surface area contributed by atoms with E-state index in [0.29, 0.717) is 0 Å². The predicted molar refractivity (Wildman–Crippen MR) is 89.9 cm³/mol. The van der Waals surface area contributed by atoms with Crippen molar-refractivity contribution >= 4 is 13.9 Å². The van der Waals surface area contributed by atoms with Crippen LogP contribution in [0.4, 0.5) is 0 Å². The summed E-state index contributed by atoms with van der Waals surface area (Å²) in [4.78, 5) is 0. The number of rotatable bonds is 3. The van der Waals surface area contributed by atoms with Crippen molar-refractivity contribution in [2.24, 2.45) is 0 Å². The van der Waals surface area contributed by atoms with Gasteiger partial charge in [-0.25, -0.2) is 0 Å². The summed E-state index contributed by atoms with van der Waals surface area (Å²) in [7, 11) is 0. The third kappa shape index (κ3) is 3.14. The van der Waals surface area contributed by atoms with E-state index >= 15 is 0 Å². The first kappa shape index (κ1) is 15.4. The van der Waals surface area contributed by atoms with Gasteiger partial charge in [-0.15, -0.1) is 0 Å². The predicted octanol–water partition coefficient (Wildman–Crippen LogP) is 5.66. The molecule has 118 valence electrons. The Labute approximate surface area is 128 Å². The molecule has 0 unspecified atom stereocenters. The fourth-order valence-corrected chi connectivity index (χ4v) is 18.3. The molecule has 0 radical (unpaired) electrons. The Kier molecular flexibility index (Phi) is 5.54. The van der Waals surface area contributed by atoms with Crippen LogP contribution in [0, 0.1) is 0 Å². The fourth-order valence-electron chi connectivity index (χ4n) is 5.70. The van der Waals surface area contributed by atoms with Crippen LogP contribution >= 0.6 is 0 Å². The van der Waals surface area contributed by atoms with E-state index in [9.17, 15) is 4.10 Å². The van der Waals surface area contributed by atoms with Crippen molar-refractivity contribution in [3.63, 3.8) is 0 Å². The standard InChI is InChI=1S/C18H35AsO/c20-19(16-10-4-1-5-11-16,17-12-6-2-7-13-17)18-14-8-3-9-15-18/h16-20H,1-15H2. The van der Waals surface area contributed by atoms with E-state index in [1.165, 1.54) is 96.3 Å². The molecular formula is C18H35AsO. The van der Waals surface area contributed by atoms with Crippen molar-refractivity contribution in [1.82, 2.24) is 0 Å². The van der Waals surface area contributed by atoms with E-state index in [1.54, 1.807) is 0 Å². The van der Waals surface area contributed by atoms with Gasteiger partial charge >= 0.3 is 128 Å². The molecule has 3 saturated carbocycles. The first-order chi connectivity index (χ1) is 9.82. The Hall–Kier alpha value is 0.518. The Balaban J connectivity index is 1.79. The fraction of sp³-hybridized carbons (Fsp3) is 1.00. The van der Waals surface area contributed by atoms with Gasteiger partial charge < -0.3 is 0 Å². The Bertz CT molecular complexity index is 240. The zero-order valence-electron chi connectivity index (χ0n) is 13.3. The van der Waals surface area contributed by atoms with Crippen LogP contribution in [0.15, 0.2) is 0 Å². The van der Waals surface area contributed by atoms with Gasteiger partial charge in [0.05, 0.1) is 0 Å². The second kappa shape index (κ2) is 7.19. The van der Waals surface area contributed by atoms with Gasteiger partial charge in [-0.3, -0.25) is 0 Å². The van der Waals surface area contributed by atoms with Gasteiger partial charge in [0.25, 0.3) is 0 Å². The number of hydrogen-bond acceptors (Lipinski definition) is 1. The van der Waals surface area contributed by atoms with Gasteiger partial charge in [0, 0.05) is 0 Å². The monoisotopic (exact) mass is 342 g/mol. The van der Waals surface area contributed by atoms with Crippen LogP contribution in [0.5, 0.6) is 0 Å². The second-order valence-electron chi connectivity index (χ2n) is 7.89. The molecule has 3 aliphatic carbocycles. The molecule has 0 heterocycles. The van der Waals surface area contributed by atoms with Gasteiger partial charge in [-0.2, -0.15) is 0 Å². The van der Waals surface area contributed by atoms with Gasteiger partial charge in [-0.1, -0.05) is 0 Å². The van der Waals surface area contributed by atoms with E-state index in [2.05, 4.69) is 0 Å². The maximum atomic E-state index is 12.1. The van der Waals surface area contributed by atoms with Crippen molar-refractivity contribution in [2.45, 2.75) is 110 Å².